The Hall–Kier alpha value is -0.900. The Morgan fingerprint density at radius 1 is 1.25 bits per heavy atom. The highest BCUT2D eigenvalue weighted by atomic mass is 16.1. The predicted octanol–water partition coefficient (Wildman–Crippen LogP) is 1.49. The number of unbranched alkanes of at least 4 members (excludes halogenated alkanes) is 3. The summed E-state index contributed by atoms with van der Waals surface area (Å²) in [5, 5.41) is 6.04. The maximum atomic E-state index is 10.4. The van der Waals surface area contributed by atoms with Gasteiger partial charge in [0.1, 0.15) is 6.79 Å². The highest BCUT2D eigenvalue weighted by Gasteiger charge is 2.13. The van der Waals surface area contributed by atoms with Gasteiger partial charge < -0.3 is 15.4 Å². The number of hydrogen-bond acceptors (Lipinski definition) is 3. The minimum atomic E-state index is 0.273. The Labute approximate surface area is 99.2 Å². The molecule has 16 heavy (non-hydrogen) atoms. The monoisotopic (exact) mass is 230 g/mol. The second-order valence-electron chi connectivity index (χ2n) is 3.82. The van der Waals surface area contributed by atoms with E-state index in [1.54, 1.807) is 0 Å². The molecule has 0 spiro atoms. The van der Waals surface area contributed by atoms with Crippen LogP contribution in [0.1, 0.15) is 46.0 Å². The van der Waals surface area contributed by atoms with Crippen molar-refractivity contribution in [1.82, 2.24) is 10.6 Å². The van der Waals surface area contributed by atoms with E-state index in [2.05, 4.69) is 24.5 Å². The highest BCUT2D eigenvalue weighted by molar-refractivity contribution is 5.46. The topological polar surface area (TPSA) is 58.2 Å². The van der Waals surface area contributed by atoms with Crippen LogP contribution in [0.2, 0.25) is 0 Å². The van der Waals surface area contributed by atoms with Crippen molar-refractivity contribution in [2.45, 2.75) is 58.0 Å². The molecule has 0 saturated heterocycles. The Balaban J connectivity index is 0. The molecule has 0 rings (SSSR count). The van der Waals surface area contributed by atoms with Gasteiger partial charge in [0.05, 0.1) is 0 Å². The largest absolute Gasteiger partial charge is 0.354 e. The van der Waals surface area contributed by atoms with Gasteiger partial charge in [0.2, 0.25) is 6.41 Å². The van der Waals surface area contributed by atoms with Gasteiger partial charge in [-0.15, -0.1) is 0 Å². The van der Waals surface area contributed by atoms with Gasteiger partial charge in [-0.3, -0.25) is 4.79 Å². The molecule has 0 aromatic rings. The fraction of sp³-hybridized carbons (Fsp3) is 0.833. The van der Waals surface area contributed by atoms with Crippen LogP contribution >= 0.6 is 0 Å². The Morgan fingerprint density at radius 2 is 1.88 bits per heavy atom. The Bertz CT molecular complexity index is 154. The number of nitrogens with one attached hydrogen (secondary N) is 2. The quantitative estimate of drug-likeness (QED) is 0.466. The molecule has 96 valence electrons. The normalized spacial score (nSPS) is 13.2. The summed E-state index contributed by atoms with van der Waals surface area (Å²) in [6.07, 6.45) is 6.89. The molecule has 0 aliphatic heterocycles. The van der Waals surface area contributed by atoms with E-state index in [0.717, 1.165) is 12.8 Å². The molecular formula is C12H26N2O2. The van der Waals surface area contributed by atoms with Crippen molar-refractivity contribution in [1.29, 1.82) is 0 Å². The lowest BCUT2D eigenvalue weighted by atomic mass is 10.0. The highest BCUT2D eigenvalue weighted by Crippen LogP contribution is 2.07. The first-order chi connectivity index (χ1) is 7.76. The van der Waals surface area contributed by atoms with Crippen molar-refractivity contribution in [3.05, 3.63) is 0 Å². The second-order valence-corrected chi connectivity index (χ2v) is 3.82. The van der Waals surface area contributed by atoms with Crippen LogP contribution in [0.4, 0.5) is 0 Å². The van der Waals surface area contributed by atoms with Crippen molar-refractivity contribution < 1.29 is 9.59 Å². The summed E-state index contributed by atoms with van der Waals surface area (Å²) in [5.74, 6) is 0. The summed E-state index contributed by atoms with van der Waals surface area (Å²) >= 11 is 0. The predicted molar refractivity (Wildman–Crippen MR) is 67.4 cm³/mol. The molecule has 0 aliphatic rings. The Kier molecular flexibility index (Phi) is 15.4. The first-order valence-corrected chi connectivity index (χ1v) is 5.92. The Morgan fingerprint density at radius 3 is 2.31 bits per heavy atom. The van der Waals surface area contributed by atoms with Crippen molar-refractivity contribution in [3.8, 4) is 0 Å². The summed E-state index contributed by atoms with van der Waals surface area (Å²) in [6, 6.07) is 0.621. The van der Waals surface area contributed by atoms with Gasteiger partial charge in [-0.2, -0.15) is 0 Å². The van der Waals surface area contributed by atoms with Crippen molar-refractivity contribution in [2.75, 3.05) is 7.05 Å². The third kappa shape index (κ3) is 9.65. The van der Waals surface area contributed by atoms with E-state index >= 15 is 0 Å². The zero-order valence-electron chi connectivity index (χ0n) is 10.8. The van der Waals surface area contributed by atoms with Crippen LogP contribution < -0.4 is 10.6 Å². The lowest BCUT2D eigenvalue weighted by Crippen LogP contribution is -2.44. The fourth-order valence-corrected chi connectivity index (χ4v) is 1.56. The second kappa shape index (κ2) is 14.1. The molecule has 0 fully saturated rings. The molecule has 2 unspecified atom stereocenters. The standard InChI is InChI=1S/C11H24N2O.CH2O/c1-4-5-6-7-8-11(13-9-14)10(2)12-3;1-2/h9-12H,4-8H2,1-3H3,(H,13,14);1H2. The lowest BCUT2D eigenvalue weighted by Gasteiger charge is -2.22. The van der Waals surface area contributed by atoms with Gasteiger partial charge in [-0.05, 0) is 20.4 Å². The third-order valence-corrected chi connectivity index (χ3v) is 2.71. The van der Waals surface area contributed by atoms with E-state index in [1.807, 2.05) is 13.8 Å². The van der Waals surface area contributed by atoms with Crippen LogP contribution in [0.5, 0.6) is 0 Å². The molecule has 4 heteroatoms. The average Bonchev–Trinajstić information content (AvgIpc) is 2.34. The molecule has 0 aromatic carbocycles. The van der Waals surface area contributed by atoms with E-state index in [-0.39, 0.29) is 6.04 Å². The van der Waals surface area contributed by atoms with E-state index in [1.165, 1.54) is 25.7 Å². The van der Waals surface area contributed by atoms with Gasteiger partial charge in [0, 0.05) is 12.1 Å². The number of hydrogen-bond donors (Lipinski definition) is 2. The number of carbonyl (C=O) groups is 2. The smallest absolute Gasteiger partial charge is 0.207 e. The van der Waals surface area contributed by atoms with Crippen molar-refractivity contribution in [2.24, 2.45) is 0 Å². The van der Waals surface area contributed by atoms with E-state index in [4.69, 9.17) is 4.79 Å². The van der Waals surface area contributed by atoms with Crippen LogP contribution in [0.15, 0.2) is 0 Å². The van der Waals surface area contributed by atoms with Crippen LogP contribution in [0.3, 0.4) is 0 Å². The average molecular weight is 230 g/mol. The molecule has 0 aliphatic carbocycles. The first-order valence-electron chi connectivity index (χ1n) is 5.92. The van der Waals surface area contributed by atoms with Gasteiger partial charge in [-0.25, -0.2) is 0 Å². The van der Waals surface area contributed by atoms with E-state index < -0.39 is 0 Å². The molecule has 4 nitrogen and oxygen atoms in total. The molecule has 2 N–H and O–H groups in total. The fourth-order valence-electron chi connectivity index (χ4n) is 1.56. The maximum absolute atomic E-state index is 10.4. The van der Waals surface area contributed by atoms with Crippen LogP contribution in [-0.4, -0.2) is 32.3 Å². The van der Waals surface area contributed by atoms with E-state index in [9.17, 15) is 4.79 Å². The minimum Gasteiger partial charge on any atom is -0.354 e. The summed E-state index contributed by atoms with van der Waals surface area (Å²) in [5.41, 5.74) is 0. The van der Waals surface area contributed by atoms with Crippen LogP contribution in [-0.2, 0) is 9.59 Å². The third-order valence-electron chi connectivity index (χ3n) is 2.71. The SMILES string of the molecule is C=O.CCCCCCC(NC=O)C(C)NC. The maximum Gasteiger partial charge on any atom is 0.207 e. The number of rotatable bonds is 9. The van der Waals surface area contributed by atoms with Gasteiger partial charge in [0.15, 0.2) is 0 Å². The zero-order valence-corrected chi connectivity index (χ0v) is 10.8. The van der Waals surface area contributed by atoms with Crippen molar-refractivity contribution in [3.63, 3.8) is 0 Å². The number of amides is 1. The molecular weight excluding hydrogens is 204 g/mol. The molecule has 0 aromatic heterocycles. The molecule has 0 saturated carbocycles. The van der Waals surface area contributed by atoms with E-state index in [0.29, 0.717) is 6.04 Å². The van der Waals surface area contributed by atoms with Gasteiger partial charge in [-0.1, -0.05) is 32.6 Å². The summed E-state index contributed by atoms with van der Waals surface area (Å²) in [6.45, 7) is 6.30. The van der Waals surface area contributed by atoms with Crippen LogP contribution in [0.25, 0.3) is 0 Å². The number of likely N-dealkylation sites (N-methyl/N-ethyl adjacent to an activating group) is 1. The molecule has 0 radical (unpaired) electrons. The summed E-state index contributed by atoms with van der Waals surface area (Å²) in [7, 11) is 1.93. The lowest BCUT2D eigenvalue weighted by molar-refractivity contribution is -0.110. The van der Waals surface area contributed by atoms with Gasteiger partial charge in [0.25, 0.3) is 0 Å². The molecule has 0 heterocycles. The van der Waals surface area contributed by atoms with Crippen LogP contribution in [0, 0.1) is 0 Å². The molecule has 1 amide bonds. The summed E-state index contributed by atoms with van der Waals surface area (Å²) in [4.78, 5) is 18.4. The van der Waals surface area contributed by atoms with Gasteiger partial charge >= 0.3 is 0 Å². The first kappa shape index (κ1) is 17.5. The number of carbonyl (C=O) groups excluding carboxylic acids is 2. The molecule has 0 bridgehead atoms. The molecule has 2 atom stereocenters. The summed E-state index contributed by atoms with van der Waals surface area (Å²) < 4.78 is 0. The van der Waals surface area contributed by atoms with Crippen molar-refractivity contribution >= 4 is 13.2 Å². The minimum absolute atomic E-state index is 0.273. The zero-order chi connectivity index (χ0) is 12.8.